The minimum atomic E-state index is -0.243. The van der Waals surface area contributed by atoms with E-state index in [0.29, 0.717) is 27.9 Å². The topological polar surface area (TPSA) is 80.8 Å². The number of aromatic nitrogens is 4. The van der Waals surface area contributed by atoms with Gasteiger partial charge in [0.05, 0.1) is 0 Å². The number of thioether (sulfide) groups is 1. The summed E-state index contributed by atoms with van der Waals surface area (Å²) in [6.07, 6.45) is 6.99. The number of rotatable bonds is 7. The van der Waals surface area contributed by atoms with E-state index in [1.807, 2.05) is 49.4 Å². The maximum absolute atomic E-state index is 12.3. The molecule has 8 heteroatoms. The molecule has 31 heavy (non-hydrogen) atoms. The molecule has 0 amide bonds. The molecular weight excluding hydrogens is 432 g/mol. The molecule has 2 aromatic heterocycles. The standard InChI is InChI=1S/C23H19ClN4O2S/c1-15-8-20(6-7-21(15)24)30-19-4-2-16(3-5-19)13-31-23-27-12-18(22(29)28-23)9-17-10-25-14-26-11-17/h2-8,10-12,14H,9,13H2,1H3,(H,27,28,29). The fourth-order valence-corrected chi connectivity index (χ4v) is 3.77. The third-order valence-electron chi connectivity index (χ3n) is 4.52. The largest absolute Gasteiger partial charge is 0.457 e. The molecule has 0 aliphatic rings. The van der Waals surface area contributed by atoms with Crippen molar-refractivity contribution in [1.29, 1.82) is 0 Å². The van der Waals surface area contributed by atoms with Crippen LogP contribution in [0, 0.1) is 6.92 Å². The Labute approximate surface area is 188 Å². The fraction of sp³-hybridized carbons (Fsp3) is 0.130. The minimum Gasteiger partial charge on any atom is -0.457 e. The van der Waals surface area contributed by atoms with Gasteiger partial charge in [0.25, 0.3) is 5.56 Å². The van der Waals surface area contributed by atoms with Crippen molar-refractivity contribution in [1.82, 2.24) is 19.9 Å². The van der Waals surface area contributed by atoms with Gasteiger partial charge in [-0.1, -0.05) is 35.5 Å². The van der Waals surface area contributed by atoms with Crippen molar-refractivity contribution in [3.05, 3.63) is 105 Å². The van der Waals surface area contributed by atoms with Crippen molar-refractivity contribution in [3.8, 4) is 11.5 Å². The van der Waals surface area contributed by atoms with Gasteiger partial charge in [0, 0.05) is 41.4 Å². The zero-order chi connectivity index (χ0) is 21.6. The number of H-pyrrole nitrogens is 1. The summed E-state index contributed by atoms with van der Waals surface area (Å²) in [5, 5.41) is 1.29. The van der Waals surface area contributed by atoms with E-state index >= 15 is 0 Å². The SMILES string of the molecule is Cc1cc(Oc2ccc(CSc3nc(=O)c(Cc4cncnc4)c[nH]3)cc2)ccc1Cl. The van der Waals surface area contributed by atoms with E-state index in [1.165, 1.54) is 18.1 Å². The highest BCUT2D eigenvalue weighted by Crippen LogP contribution is 2.27. The van der Waals surface area contributed by atoms with Crippen LogP contribution in [0.3, 0.4) is 0 Å². The number of nitrogens with one attached hydrogen (secondary N) is 1. The van der Waals surface area contributed by atoms with Gasteiger partial charge < -0.3 is 9.72 Å². The van der Waals surface area contributed by atoms with Gasteiger partial charge in [-0.25, -0.2) is 9.97 Å². The van der Waals surface area contributed by atoms with Crippen LogP contribution in [-0.2, 0) is 12.2 Å². The van der Waals surface area contributed by atoms with Crippen LogP contribution in [0.4, 0.5) is 0 Å². The lowest BCUT2D eigenvalue weighted by Crippen LogP contribution is -2.14. The number of hydrogen-bond donors (Lipinski definition) is 1. The lowest BCUT2D eigenvalue weighted by atomic mass is 10.1. The number of nitrogens with zero attached hydrogens (tertiary/aromatic N) is 3. The van der Waals surface area contributed by atoms with Crippen molar-refractivity contribution in [2.24, 2.45) is 0 Å². The van der Waals surface area contributed by atoms with Crippen LogP contribution in [-0.4, -0.2) is 19.9 Å². The summed E-state index contributed by atoms with van der Waals surface area (Å²) in [6, 6.07) is 13.4. The molecule has 0 spiro atoms. The lowest BCUT2D eigenvalue weighted by molar-refractivity contribution is 0.482. The van der Waals surface area contributed by atoms with Gasteiger partial charge in [0.15, 0.2) is 5.16 Å². The molecule has 0 aliphatic carbocycles. The molecule has 1 N–H and O–H groups in total. The van der Waals surface area contributed by atoms with Crippen molar-refractivity contribution in [2.45, 2.75) is 24.3 Å². The highest BCUT2D eigenvalue weighted by atomic mass is 35.5. The van der Waals surface area contributed by atoms with Gasteiger partial charge in [-0.3, -0.25) is 4.79 Å². The minimum absolute atomic E-state index is 0.243. The van der Waals surface area contributed by atoms with Crippen LogP contribution in [0.25, 0.3) is 0 Å². The van der Waals surface area contributed by atoms with Crippen molar-refractivity contribution in [3.63, 3.8) is 0 Å². The summed E-state index contributed by atoms with van der Waals surface area (Å²) in [5.74, 6) is 2.17. The molecule has 0 saturated heterocycles. The third-order valence-corrected chi connectivity index (χ3v) is 5.90. The monoisotopic (exact) mass is 450 g/mol. The summed E-state index contributed by atoms with van der Waals surface area (Å²) < 4.78 is 5.88. The molecule has 4 rings (SSSR count). The average Bonchev–Trinajstić information content (AvgIpc) is 2.78. The summed E-state index contributed by atoms with van der Waals surface area (Å²) in [6.45, 7) is 1.94. The second-order valence-corrected chi connectivity index (χ2v) is 8.28. The quantitative estimate of drug-likeness (QED) is 0.308. The number of hydrogen-bond acceptors (Lipinski definition) is 6. The molecule has 0 fully saturated rings. The number of aromatic amines is 1. The average molecular weight is 451 g/mol. The summed E-state index contributed by atoms with van der Waals surface area (Å²) >= 11 is 7.52. The predicted molar refractivity (Wildman–Crippen MR) is 122 cm³/mol. The first-order valence-corrected chi connectivity index (χ1v) is 10.9. The van der Waals surface area contributed by atoms with Crippen LogP contribution < -0.4 is 10.3 Å². The second-order valence-electron chi connectivity index (χ2n) is 6.91. The van der Waals surface area contributed by atoms with E-state index in [4.69, 9.17) is 16.3 Å². The molecule has 2 heterocycles. The van der Waals surface area contributed by atoms with Crippen LogP contribution in [0.15, 0.2) is 77.3 Å². The lowest BCUT2D eigenvalue weighted by Gasteiger charge is -2.08. The first-order chi connectivity index (χ1) is 15.1. The molecule has 156 valence electrons. The predicted octanol–water partition coefficient (Wildman–Crippen LogP) is 5.20. The molecular formula is C23H19ClN4O2S. The zero-order valence-electron chi connectivity index (χ0n) is 16.7. The number of aryl methyl sites for hydroxylation is 1. The third kappa shape index (κ3) is 5.71. The molecule has 0 aliphatic heterocycles. The van der Waals surface area contributed by atoms with Gasteiger partial charge in [0.1, 0.15) is 17.8 Å². The highest BCUT2D eigenvalue weighted by molar-refractivity contribution is 7.98. The Morgan fingerprint density at radius 3 is 2.48 bits per heavy atom. The van der Waals surface area contributed by atoms with Crippen molar-refractivity contribution < 1.29 is 4.74 Å². The van der Waals surface area contributed by atoms with Crippen molar-refractivity contribution >= 4 is 23.4 Å². The molecule has 4 aromatic rings. The first-order valence-electron chi connectivity index (χ1n) is 9.55. The van der Waals surface area contributed by atoms with E-state index in [9.17, 15) is 4.79 Å². The molecule has 0 saturated carbocycles. The molecule has 0 unspecified atom stereocenters. The number of benzene rings is 2. The molecule has 0 bridgehead atoms. The Hall–Kier alpha value is -3.16. The Morgan fingerprint density at radius 1 is 1.03 bits per heavy atom. The van der Waals surface area contributed by atoms with Crippen LogP contribution in [0.1, 0.15) is 22.3 Å². The summed E-state index contributed by atoms with van der Waals surface area (Å²) in [7, 11) is 0. The Balaban J connectivity index is 1.35. The maximum atomic E-state index is 12.3. The van der Waals surface area contributed by atoms with Crippen molar-refractivity contribution in [2.75, 3.05) is 0 Å². The summed E-state index contributed by atoms with van der Waals surface area (Å²) in [5.41, 5.74) is 3.27. The summed E-state index contributed by atoms with van der Waals surface area (Å²) in [4.78, 5) is 27.5. The van der Waals surface area contributed by atoms with E-state index in [0.717, 1.165) is 28.2 Å². The number of halogens is 1. The maximum Gasteiger partial charge on any atom is 0.277 e. The van der Waals surface area contributed by atoms with E-state index < -0.39 is 0 Å². The van der Waals surface area contributed by atoms with E-state index in [1.54, 1.807) is 18.6 Å². The highest BCUT2D eigenvalue weighted by Gasteiger charge is 2.07. The zero-order valence-corrected chi connectivity index (χ0v) is 18.3. The second kappa shape index (κ2) is 9.76. The fourth-order valence-electron chi connectivity index (χ4n) is 2.87. The first kappa shape index (κ1) is 21.1. The molecule has 2 aromatic carbocycles. The molecule has 0 radical (unpaired) electrons. The van der Waals surface area contributed by atoms with Gasteiger partial charge >= 0.3 is 0 Å². The van der Waals surface area contributed by atoms with E-state index in [2.05, 4.69) is 19.9 Å². The van der Waals surface area contributed by atoms with Crippen LogP contribution >= 0.6 is 23.4 Å². The van der Waals surface area contributed by atoms with Gasteiger partial charge in [-0.2, -0.15) is 4.98 Å². The van der Waals surface area contributed by atoms with Crippen LogP contribution in [0.2, 0.25) is 5.02 Å². The molecule has 6 nitrogen and oxygen atoms in total. The van der Waals surface area contributed by atoms with Gasteiger partial charge in [-0.15, -0.1) is 0 Å². The van der Waals surface area contributed by atoms with Gasteiger partial charge in [0.2, 0.25) is 0 Å². The Morgan fingerprint density at radius 2 is 1.77 bits per heavy atom. The number of ether oxygens (including phenoxy) is 1. The Kier molecular flexibility index (Phi) is 6.64. The van der Waals surface area contributed by atoms with Gasteiger partial charge in [-0.05, 0) is 53.9 Å². The van der Waals surface area contributed by atoms with Crippen LogP contribution in [0.5, 0.6) is 11.5 Å². The smallest absolute Gasteiger partial charge is 0.277 e. The molecule has 0 atom stereocenters. The normalized spacial score (nSPS) is 10.8. The Bertz CT molecular complexity index is 1230. The van der Waals surface area contributed by atoms with E-state index in [-0.39, 0.29) is 5.56 Å².